The Morgan fingerprint density at radius 1 is 1.04 bits per heavy atom. The van der Waals surface area contributed by atoms with Crippen LogP contribution in [0.5, 0.6) is 0 Å². The molecule has 0 fully saturated rings. The summed E-state index contributed by atoms with van der Waals surface area (Å²) in [6.45, 7) is 0. The number of rotatable bonds is 6. The van der Waals surface area contributed by atoms with Gasteiger partial charge in [-0.25, -0.2) is 12.8 Å². The van der Waals surface area contributed by atoms with E-state index >= 15 is 0 Å². The largest absolute Gasteiger partial charge is 0.288 e. The Labute approximate surface area is 155 Å². The zero-order valence-electron chi connectivity index (χ0n) is 14.6. The van der Waals surface area contributed by atoms with Gasteiger partial charge in [0.2, 0.25) is 5.91 Å². The molecule has 0 aromatic heterocycles. The molecule has 0 aliphatic rings. The summed E-state index contributed by atoms with van der Waals surface area (Å²) in [6.07, 6.45) is -0.0406. The molecule has 10 heteroatoms. The lowest BCUT2D eigenvalue weighted by atomic mass is 10.1. The van der Waals surface area contributed by atoms with Gasteiger partial charge in [0.1, 0.15) is 5.82 Å². The van der Waals surface area contributed by atoms with Crippen LogP contribution in [0.25, 0.3) is 0 Å². The predicted octanol–water partition coefficient (Wildman–Crippen LogP) is 1.01. The van der Waals surface area contributed by atoms with Gasteiger partial charge in [-0.2, -0.15) is 0 Å². The van der Waals surface area contributed by atoms with Crippen LogP contribution in [0.4, 0.5) is 4.39 Å². The minimum atomic E-state index is -3.81. The Morgan fingerprint density at radius 2 is 1.63 bits per heavy atom. The lowest BCUT2D eigenvalue weighted by Crippen LogP contribution is -2.42. The number of carbonyl (C=O) groups excluding carboxylic acids is 2. The van der Waals surface area contributed by atoms with Crippen LogP contribution in [0.1, 0.15) is 15.9 Å². The second-order valence-electron chi connectivity index (χ2n) is 5.43. The summed E-state index contributed by atoms with van der Waals surface area (Å²) in [5, 5.41) is 0. The van der Waals surface area contributed by atoms with E-state index in [1.54, 1.807) is 0 Å². The second kappa shape index (κ2) is 8.71. The van der Waals surface area contributed by atoms with Crippen LogP contribution in [-0.2, 0) is 26.1 Å². The first-order chi connectivity index (χ1) is 12.7. The molecule has 2 N–H and O–H groups in total. The van der Waals surface area contributed by atoms with Crippen LogP contribution in [-0.4, -0.2) is 38.9 Å². The van der Waals surface area contributed by atoms with Gasteiger partial charge in [0.05, 0.1) is 18.4 Å². The second-order valence-corrected chi connectivity index (χ2v) is 7.36. The van der Waals surface area contributed by atoms with Crippen molar-refractivity contribution in [2.75, 3.05) is 14.2 Å². The summed E-state index contributed by atoms with van der Waals surface area (Å²) >= 11 is 0. The molecule has 0 radical (unpaired) electrons. The monoisotopic (exact) mass is 395 g/mol. The van der Waals surface area contributed by atoms with E-state index in [1.165, 1.54) is 62.7 Å². The summed E-state index contributed by atoms with van der Waals surface area (Å²) in [7, 11) is -1.35. The van der Waals surface area contributed by atoms with Gasteiger partial charge < -0.3 is 0 Å². The van der Waals surface area contributed by atoms with Crippen LogP contribution in [0.3, 0.4) is 0 Å². The van der Waals surface area contributed by atoms with E-state index in [2.05, 4.69) is 15.7 Å². The lowest BCUT2D eigenvalue weighted by Gasteiger charge is -2.14. The maximum absolute atomic E-state index is 12.8. The highest BCUT2D eigenvalue weighted by Crippen LogP contribution is 2.15. The fourth-order valence-electron chi connectivity index (χ4n) is 2.06. The molecular weight excluding hydrogens is 377 g/mol. The van der Waals surface area contributed by atoms with Gasteiger partial charge >= 0.3 is 0 Å². The van der Waals surface area contributed by atoms with Crippen molar-refractivity contribution in [2.45, 2.75) is 11.3 Å². The highest BCUT2D eigenvalue weighted by atomic mass is 32.2. The van der Waals surface area contributed by atoms with E-state index < -0.39 is 27.7 Å². The number of hydrogen-bond acceptors (Lipinski definition) is 5. The number of halogens is 1. The third-order valence-electron chi connectivity index (χ3n) is 3.60. The van der Waals surface area contributed by atoms with Crippen LogP contribution >= 0.6 is 0 Å². The Hall–Kier alpha value is -2.82. The number of amides is 2. The van der Waals surface area contributed by atoms with Gasteiger partial charge in [-0.1, -0.05) is 16.6 Å². The molecule has 27 heavy (non-hydrogen) atoms. The van der Waals surface area contributed by atoms with E-state index in [-0.39, 0.29) is 16.9 Å². The SMILES string of the molecule is CON(C)S(=O)(=O)c1ccc(C(=O)NNC(=O)Cc2ccc(F)cc2)cc1. The molecule has 8 nitrogen and oxygen atoms in total. The summed E-state index contributed by atoms with van der Waals surface area (Å²) in [5.41, 5.74) is 5.20. The number of nitrogens with zero attached hydrogens (tertiary/aromatic N) is 1. The van der Waals surface area contributed by atoms with Gasteiger partial charge in [0.15, 0.2) is 0 Å². The summed E-state index contributed by atoms with van der Waals surface area (Å²) < 4.78 is 37.7. The normalized spacial score (nSPS) is 11.3. The van der Waals surface area contributed by atoms with Crippen molar-refractivity contribution in [1.82, 2.24) is 15.3 Å². The molecule has 0 saturated heterocycles. The zero-order chi connectivity index (χ0) is 20.0. The number of hydrogen-bond donors (Lipinski definition) is 2. The van der Waals surface area contributed by atoms with E-state index in [0.717, 1.165) is 0 Å². The van der Waals surface area contributed by atoms with E-state index in [4.69, 9.17) is 0 Å². The predicted molar refractivity (Wildman–Crippen MR) is 94.1 cm³/mol. The van der Waals surface area contributed by atoms with Crippen LogP contribution in [0, 0.1) is 5.82 Å². The van der Waals surface area contributed by atoms with Crippen molar-refractivity contribution >= 4 is 21.8 Å². The Kier molecular flexibility index (Phi) is 6.61. The first-order valence-corrected chi connectivity index (χ1v) is 9.15. The van der Waals surface area contributed by atoms with Crippen molar-refractivity contribution in [1.29, 1.82) is 0 Å². The molecule has 0 spiro atoms. The quantitative estimate of drug-likeness (QED) is 0.711. The molecule has 2 rings (SSSR count). The average molecular weight is 395 g/mol. The first-order valence-electron chi connectivity index (χ1n) is 7.71. The first kappa shape index (κ1) is 20.5. The minimum absolute atomic E-state index is 0.0406. The highest BCUT2D eigenvalue weighted by Gasteiger charge is 2.21. The molecule has 0 aliphatic carbocycles. The molecule has 144 valence electrons. The van der Waals surface area contributed by atoms with Crippen molar-refractivity contribution < 1.29 is 27.2 Å². The van der Waals surface area contributed by atoms with Crippen LogP contribution in [0.15, 0.2) is 53.4 Å². The molecule has 0 bridgehead atoms. The van der Waals surface area contributed by atoms with Gasteiger partial charge in [-0.15, -0.1) is 0 Å². The maximum Gasteiger partial charge on any atom is 0.269 e. The van der Waals surface area contributed by atoms with Crippen LogP contribution in [0.2, 0.25) is 0 Å². The van der Waals surface area contributed by atoms with Gasteiger partial charge in [-0.05, 0) is 42.0 Å². The maximum atomic E-state index is 12.8. The van der Waals surface area contributed by atoms with Gasteiger partial charge in [0, 0.05) is 12.6 Å². The number of hydrazine groups is 1. The Morgan fingerprint density at radius 3 is 2.19 bits per heavy atom. The highest BCUT2D eigenvalue weighted by molar-refractivity contribution is 7.89. The molecule has 0 heterocycles. The van der Waals surface area contributed by atoms with Crippen molar-refractivity contribution in [2.24, 2.45) is 0 Å². The van der Waals surface area contributed by atoms with E-state index in [0.29, 0.717) is 10.0 Å². The molecule has 0 aliphatic heterocycles. The van der Waals surface area contributed by atoms with Crippen LogP contribution < -0.4 is 10.9 Å². The molecule has 2 amide bonds. The zero-order valence-corrected chi connectivity index (χ0v) is 15.4. The van der Waals surface area contributed by atoms with Crippen molar-refractivity contribution in [3.05, 3.63) is 65.5 Å². The third-order valence-corrected chi connectivity index (χ3v) is 5.30. The van der Waals surface area contributed by atoms with Gasteiger partial charge in [0.25, 0.3) is 15.9 Å². The summed E-state index contributed by atoms with van der Waals surface area (Å²) in [4.78, 5) is 28.5. The average Bonchev–Trinajstić information content (AvgIpc) is 2.67. The number of benzene rings is 2. The van der Waals surface area contributed by atoms with Crippen molar-refractivity contribution in [3.63, 3.8) is 0 Å². The number of nitrogens with one attached hydrogen (secondary N) is 2. The molecule has 2 aromatic rings. The smallest absolute Gasteiger partial charge is 0.269 e. The summed E-state index contributed by atoms with van der Waals surface area (Å²) in [5.74, 6) is -1.52. The van der Waals surface area contributed by atoms with Crippen molar-refractivity contribution in [3.8, 4) is 0 Å². The Balaban J connectivity index is 1.94. The molecule has 2 aromatic carbocycles. The minimum Gasteiger partial charge on any atom is -0.288 e. The molecule has 0 atom stereocenters. The Bertz CT molecular complexity index is 915. The molecular formula is C17H18FN3O5S. The lowest BCUT2D eigenvalue weighted by molar-refractivity contribution is -0.121. The van der Waals surface area contributed by atoms with E-state index in [1.807, 2.05) is 0 Å². The number of hydroxylamine groups is 1. The molecule has 0 unspecified atom stereocenters. The standard InChI is InChI=1S/C17H18FN3O5S/c1-21(26-2)27(24,25)15-9-5-13(6-10-15)17(23)20-19-16(22)11-12-3-7-14(18)8-4-12/h3-10H,11H2,1-2H3,(H,19,22)(H,20,23). The number of carbonyl (C=O) groups is 2. The summed E-state index contributed by atoms with van der Waals surface area (Å²) in [6, 6.07) is 10.5. The fourth-order valence-corrected chi connectivity index (χ4v) is 3.03. The number of sulfonamides is 1. The third kappa shape index (κ3) is 5.33. The topological polar surface area (TPSA) is 105 Å². The molecule has 0 saturated carbocycles. The van der Waals surface area contributed by atoms with Gasteiger partial charge in [-0.3, -0.25) is 25.3 Å². The fraction of sp³-hybridized carbons (Fsp3) is 0.176. The van der Waals surface area contributed by atoms with E-state index in [9.17, 15) is 22.4 Å².